The summed E-state index contributed by atoms with van der Waals surface area (Å²) < 4.78 is 5.41. The van der Waals surface area contributed by atoms with E-state index in [-0.39, 0.29) is 6.09 Å². The van der Waals surface area contributed by atoms with Gasteiger partial charge < -0.3 is 20.1 Å². The molecule has 1 aliphatic rings. The molecule has 0 aromatic rings. The van der Waals surface area contributed by atoms with Gasteiger partial charge in [-0.2, -0.15) is 0 Å². The fourth-order valence-corrected chi connectivity index (χ4v) is 2.31. The Bertz CT molecular complexity index is 318. The molecular formula is C15H30N2O3. The van der Waals surface area contributed by atoms with Crippen molar-refractivity contribution in [2.24, 2.45) is 5.92 Å². The highest BCUT2D eigenvalue weighted by molar-refractivity contribution is 5.68. The van der Waals surface area contributed by atoms with E-state index in [1.807, 2.05) is 20.8 Å². The predicted octanol–water partition coefficient (Wildman–Crippen LogP) is 1.99. The minimum absolute atomic E-state index is 0.218. The van der Waals surface area contributed by atoms with E-state index in [1.165, 1.54) is 0 Å². The molecule has 1 saturated heterocycles. The number of carbonyl (C=O) groups excluding carboxylic acids is 1. The van der Waals surface area contributed by atoms with Crippen molar-refractivity contribution in [3.05, 3.63) is 0 Å². The molecule has 0 bridgehead atoms. The van der Waals surface area contributed by atoms with Gasteiger partial charge in [-0.15, -0.1) is 0 Å². The first kappa shape index (κ1) is 17.2. The lowest BCUT2D eigenvalue weighted by atomic mass is 9.98. The number of hydrogen-bond donors (Lipinski definition) is 2. The molecule has 2 N–H and O–H groups in total. The van der Waals surface area contributed by atoms with Crippen LogP contribution >= 0.6 is 0 Å². The minimum Gasteiger partial charge on any atom is -0.444 e. The summed E-state index contributed by atoms with van der Waals surface area (Å²) in [5.41, 5.74) is -1.14. The van der Waals surface area contributed by atoms with Crippen molar-refractivity contribution in [1.29, 1.82) is 0 Å². The maximum Gasteiger partial charge on any atom is 0.410 e. The lowest BCUT2D eigenvalue weighted by Gasteiger charge is -2.34. The Labute approximate surface area is 122 Å². The number of piperidine rings is 1. The third kappa shape index (κ3) is 7.10. The second-order valence-corrected chi connectivity index (χ2v) is 7.38. The van der Waals surface area contributed by atoms with Crippen molar-refractivity contribution < 1.29 is 14.6 Å². The van der Waals surface area contributed by atoms with Crippen molar-refractivity contribution in [2.75, 3.05) is 26.2 Å². The van der Waals surface area contributed by atoms with Gasteiger partial charge in [0.2, 0.25) is 0 Å². The molecule has 0 saturated carbocycles. The van der Waals surface area contributed by atoms with Crippen LogP contribution in [0, 0.1) is 5.92 Å². The molecule has 0 radical (unpaired) electrons. The molecular weight excluding hydrogens is 256 g/mol. The zero-order chi connectivity index (χ0) is 15.4. The molecule has 1 heterocycles. The van der Waals surface area contributed by atoms with E-state index in [0.717, 1.165) is 32.5 Å². The van der Waals surface area contributed by atoms with Crippen molar-refractivity contribution in [3.63, 3.8) is 0 Å². The molecule has 0 spiro atoms. The molecule has 0 aliphatic carbocycles. The molecule has 1 unspecified atom stereocenters. The topological polar surface area (TPSA) is 61.8 Å². The van der Waals surface area contributed by atoms with Crippen LogP contribution in [0.3, 0.4) is 0 Å². The third-order valence-electron chi connectivity index (χ3n) is 3.16. The summed E-state index contributed by atoms with van der Waals surface area (Å²) in [6.45, 7) is 12.1. The lowest BCUT2D eigenvalue weighted by molar-refractivity contribution is 0.0160. The van der Waals surface area contributed by atoms with E-state index in [9.17, 15) is 9.90 Å². The second-order valence-electron chi connectivity index (χ2n) is 7.38. The quantitative estimate of drug-likeness (QED) is 0.830. The largest absolute Gasteiger partial charge is 0.444 e. The standard InChI is InChI=1S/C15H30N2O3/c1-14(2,3)20-13(18)17-8-6-7-12(10-17)9-16-11-15(4,5)19/h12,16,19H,6-11H2,1-5H3. The molecule has 1 amide bonds. The molecule has 5 heteroatoms. The number of rotatable bonds is 4. The molecule has 1 aliphatic heterocycles. The van der Waals surface area contributed by atoms with Crippen LogP contribution in [-0.2, 0) is 4.74 Å². The van der Waals surface area contributed by atoms with Crippen LogP contribution in [0.5, 0.6) is 0 Å². The molecule has 1 fully saturated rings. The van der Waals surface area contributed by atoms with Gasteiger partial charge in [0.15, 0.2) is 0 Å². The Morgan fingerprint density at radius 2 is 2.00 bits per heavy atom. The molecule has 118 valence electrons. The van der Waals surface area contributed by atoms with Gasteiger partial charge in [-0.1, -0.05) is 0 Å². The Hall–Kier alpha value is -0.810. The summed E-state index contributed by atoms with van der Waals surface area (Å²) in [4.78, 5) is 13.8. The first-order valence-electron chi connectivity index (χ1n) is 7.48. The number of aliphatic hydroxyl groups is 1. The van der Waals surface area contributed by atoms with Crippen LogP contribution in [0.15, 0.2) is 0 Å². The van der Waals surface area contributed by atoms with Gasteiger partial charge in [0.25, 0.3) is 0 Å². The fraction of sp³-hybridized carbons (Fsp3) is 0.933. The van der Waals surface area contributed by atoms with Gasteiger partial charge in [-0.05, 0) is 59.9 Å². The van der Waals surface area contributed by atoms with E-state index in [4.69, 9.17) is 4.74 Å². The third-order valence-corrected chi connectivity index (χ3v) is 3.16. The summed E-state index contributed by atoms with van der Waals surface area (Å²) >= 11 is 0. The highest BCUT2D eigenvalue weighted by atomic mass is 16.6. The van der Waals surface area contributed by atoms with Crippen molar-refractivity contribution in [2.45, 2.75) is 58.7 Å². The smallest absolute Gasteiger partial charge is 0.410 e. The van der Waals surface area contributed by atoms with E-state index in [2.05, 4.69) is 5.32 Å². The van der Waals surface area contributed by atoms with Crippen molar-refractivity contribution in [3.8, 4) is 0 Å². The van der Waals surface area contributed by atoms with Crippen LogP contribution in [0.1, 0.15) is 47.5 Å². The Morgan fingerprint density at radius 1 is 1.35 bits per heavy atom. The van der Waals surface area contributed by atoms with E-state index in [0.29, 0.717) is 12.5 Å². The summed E-state index contributed by atoms with van der Waals surface area (Å²) in [7, 11) is 0. The number of hydrogen-bond acceptors (Lipinski definition) is 4. The Kier molecular flexibility index (Phi) is 5.83. The van der Waals surface area contributed by atoms with E-state index in [1.54, 1.807) is 18.7 Å². The van der Waals surface area contributed by atoms with Crippen LogP contribution in [-0.4, -0.2) is 53.5 Å². The molecule has 5 nitrogen and oxygen atoms in total. The SMILES string of the molecule is CC(C)(O)CNCC1CCCN(C(=O)OC(C)(C)C)C1. The van der Waals surface area contributed by atoms with E-state index < -0.39 is 11.2 Å². The molecule has 20 heavy (non-hydrogen) atoms. The number of carbonyl (C=O) groups is 1. The van der Waals surface area contributed by atoms with Crippen LogP contribution in [0.2, 0.25) is 0 Å². The number of ether oxygens (including phenoxy) is 1. The van der Waals surface area contributed by atoms with Crippen molar-refractivity contribution >= 4 is 6.09 Å². The second kappa shape index (κ2) is 6.76. The Balaban J connectivity index is 2.37. The molecule has 1 atom stereocenters. The molecule has 0 aromatic heterocycles. The minimum atomic E-state index is -0.695. The monoisotopic (exact) mass is 286 g/mol. The lowest BCUT2D eigenvalue weighted by Crippen LogP contribution is -2.46. The zero-order valence-electron chi connectivity index (χ0n) is 13.5. The van der Waals surface area contributed by atoms with Crippen LogP contribution in [0.4, 0.5) is 4.79 Å². The first-order valence-corrected chi connectivity index (χ1v) is 7.48. The number of nitrogens with zero attached hydrogens (tertiary/aromatic N) is 1. The fourth-order valence-electron chi connectivity index (χ4n) is 2.31. The van der Waals surface area contributed by atoms with Gasteiger partial charge in [0.1, 0.15) is 5.60 Å². The zero-order valence-corrected chi connectivity index (χ0v) is 13.5. The van der Waals surface area contributed by atoms with Gasteiger partial charge in [-0.3, -0.25) is 0 Å². The normalized spacial score (nSPS) is 20.9. The number of nitrogens with one attached hydrogen (secondary N) is 1. The van der Waals surface area contributed by atoms with Gasteiger partial charge >= 0.3 is 6.09 Å². The first-order chi connectivity index (χ1) is 9.07. The van der Waals surface area contributed by atoms with Gasteiger partial charge in [-0.25, -0.2) is 4.79 Å². The highest BCUT2D eigenvalue weighted by Crippen LogP contribution is 2.19. The maximum absolute atomic E-state index is 12.0. The number of amides is 1. The van der Waals surface area contributed by atoms with Crippen LogP contribution in [0.25, 0.3) is 0 Å². The highest BCUT2D eigenvalue weighted by Gasteiger charge is 2.27. The van der Waals surface area contributed by atoms with Crippen molar-refractivity contribution in [1.82, 2.24) is 10.2 Å². The Morgan fingerprint density at radius 3 is 2.55 bits per heavy atom. The van der Waals surface area contributed by atoms with E-state index >= 15 is 0 Å². The predicted molar refractivity (Wildman–Crippen MR) is 79.7 cm³/mol. The summed E-state index contributed by atoms with van der Waals surface area (Å²) in [5.74, 6) is 0.429. The van der Waals surface area contributed by atoms with Gasteiger partial charge in [0, 0.05) is 19.6 Å². The summed E-state index contributed by atoms with van der Waals surface area (Å²) in [5, 5.41) is 12.9. The summed E-state index contributed by atoms with van der Waals surface area (Å²) in [6.07, 6.45) is 1.90. The maximum atomic E-state index is 12.0. The average Bonchev–Trinajstić information content (AvgIpc) is 2.25. The number of likely N-dealkylation sites (tertiary alicyclic amines) is 1. The van der Waals surface area contributed by atoms with Crippen LogP contribution < -0.4 is 5.32 Å². The van der Waals surface area contributed by atoms with Gasteiger partial charge in [0.05, 0.1) is 5.60 Å². The molecule has 1 rings (SSSR count). The summed E-state index contributed by atoms with van der Waals surface area (Å²) in [6, 6.07) is 0. The average molecular weight is 286 g/mol. The molecule has 0 aromatic carbocycles.